The molecule has 0 saturated carbocycles. The number of benzene rings is 1. The van der Waals surface area contributed by atoms with Crippen LogP contribution in [0.3, 0.4) is 0 Å². The monoisotopic (exact) mass is 427 g/mol. The molecule has 0 aliphatic heterocycles. The molecule has 1 heterocycles. The normalized spacial score (nSPS) is 10.4. The van der Waals surface area contributed by atoms with Crippen molar-refractivity contribution in [2.45, 2.75) is 0 Å². The second-order valence-corrected chi connectivity index (χ2v) is 7.36. The summed E-state index contributed by atoms with van der Waals surface area (Å²) in [6.45, 7) is 0. The van der Waals surface area contributed by atoms with Crippen LogP contribution in [0.4, 0.5) is 5.69 Å². The maximum atomic E-state index is 12.0. The summed E-state index contributed by atoms with van der Waals surface area (Å²) in [5.74, 6) is -0.247. The van der Waals surface area contributed by atoms with Gasteiger partial charge in [-0.3, -0.25) is 4.79 Å². The van der Waals surface area contributed by atoms with E-state index >= 15 is 0 Å². The summed E-state index contributed by atoms with van der Waals surface area (Å²) in [7, 11) is 0. The molecule has 2 nitrogen and oxygen atoms in total. The average molecular weight is 430 g/mol. The topological polar surface area (TPSA) is 29.1 Å². The fourth-order valence-corrected chi connectivity index (χ4v) is 3.72. The molecule has 1 aromatic carbocycles. The van der Waals surface area contributed by atoms with Crippen molar-refractivity contribution in [2.24, 2.45) is 0 Å². The van der Waals surface area contributed by atoms with E-state index in [1.54, 1.807) is 23.6 Å². The molecular weight excluding hydrogens is 425 g/mol. The summed E-state index contributed by atoms with van der Waals surface area (Å²) < 4.78 is 1.65. The van der Waals surface area contributed by atoms with E-state index in [-0.39, 0.29) is 5.91 Å². The van der Waals surface area contributed by atoms with Crippen molar-refractivity contribution >= 4 is 78.0 Å². The van der Waals surface area contributed by atoms with Crippen LogP contribution in [0.15, 0.2) is 31.8 Å². The first kappa shape index (κ1) is 14.3. The smallest absolute Gasteiger partial charge is 0.256 e. The Hall–Kier alpha value is -0.0700. The lowest BCUT2D eigenvalue weighted by atomic mass is 10.2. The van der Waals surface area contributed by atoms with E-state index in [4.69, 9.17) is 23.2 Å². The van der Waals surface area contributed by atoms with Gasteiger partial charge in [-0.15, -0.1) is 11.3 Å². The van der Waals surface area contributed by atoms with Crippen LogP contribution < -0.4 is 5.32 Å². The predicted molar refractivity (Wildman–Crippen MR) is 84.1 cm³/mol. The SMILES string of the molecule is O=C(Nc1c(Cl)cc(Br)cc1Cl)c1csc(Br)c1. The Morgan fingerprint density at radius 3 is 2.28 bits per heavy atom. The van der Waals surface area contributed by atoms with Crippen molar-refractivity contribution < 1.29 is 4.79 Å². The molecule has 0 aliphatic carbocycles. The van der Waals surface area contributed by atoms with Gasteiger partial charge in [0, 0.05) is 9.85 Å². The van der Waals surface area contributed by atoms with Crippen molar-refractivity contribution in [3.8, 4) is 0 Å². The lowest BCUT2D eigenvalue weighted by molar-refractivity contribution is 0.102. The molecule has 0 fully saturated rings. The molecular formula is C11H5Br2Cl2NOS. The Balaban J connectivity index is 2.27. The Labute approximate surface area is 135 Å². The summed E-state index contributed by atoms with van der Waals surface area (Å²) >= 11 is 20.1. The van der Waals surface area contributed by atoms with Crippen LogP contribution >= 0.6 is 66.4 Å². The fourth-order valence-electron chi connectivity index (χ4n) is 1.28. The van der Waals surface area contributed by atoms with Gasteiger partial charge in [0.1, 0.15) is 0 Å². The number of anilines is 1. The summed E-state index contributed by atoms with van der Waals surface area (Å²) in [5, 5.41) is 5.22. The molecule has 0 radical (unpaired) electrons. The molecule has 94 valence electrons. The maximum Gasteiger partial charge on any atom is 0.256 e. The second-order valence-electron chi connectivity index (χ2n) is 3.34. The minimum Gasteiger partial charge on any atom is -0.319 e. The number of halogens is 4. The number of hydrogen-bond acceptors (Lipinski definition) is 2. The second kappa shape index (κ2) is 5.92. The zero-order valence-corrected chi connectivity index (χ0v) is 14.1. The Kier molecular flexibility index (Phi) is 4.72. The number of rotatable bonds is 2. The highest BCUT2D eigenvalue weighted by Gasteiger charge is 2.13. The lowest BCUT2D eigenvalue weighted by Gasteiger charge is -2.09. The summed E-state index contributed by atoms with van der Waals surface area (Å²) in [5.41, 5.74) is 0.968. The molecule has 0 aliphatic rings. The fraction of sp³-hybridized carbons (Fsp3) is 0. The van der Waals surface area contributed by atoms with Crippen LogP contribution in [-0.4, -0.2) is 5.91 Å². The molecule has 2 aromatic rings. The molecule has 7 heteroatoms. The zero-order chi connectivity index (χ0) is 13.3. The van der Waals surface area contributed by atoms with Crippen LogP contribution in [0.2, 0.25) is 10.0 Å². The number of nitrogens with one attached hydrogen (secondary N) is 1. The van der Waals surface area contributed by atoms with Gasteiger partial charge in [-0.25, -0.2) is 0 Å². The number of amides is 1. The Bertz CT molecular complexity index is 592. The van der Waals surface area contributed by atoms with Gasteiger partial charge in [0.2, 0.25) is 0 Å². The highest BCUT2D eigenvalue weighted by Crippen LogP contribution is 2.34. The molecule has 0 spiro atoms. The average Bonchev–Trinajstić information content (AvgIpc) is 2.70. The molecule has 1 N–H and O–H groups in total. The predicted octanol–water partition coefficient (Wildman–Crippen LogP) is 5.83. The van der Waals surface area contributed by atoms with Gasteiger partial charge in [-0.2, -0.15) is 0 Å². The third-order valence-electron chi connectivity index (χ3n) is 2.08. The minimum absolute atomic E-state index is 0.247. The first-order valence-electron chi connectivity index (χ1n) is 4.67. The Morgan fingerprint density at radius 1 is 1.17 bits per heavy atom. The number of carbonyl (C=O) groups is 1. The van der Waals surface area contributed by atoms with E-state index in [1.165, 1.54) is 11.3 Å². The number of carbonyl (C=O) groups excluding carboxylic acids is 1. The molecule has 1 aromatic heterocycles. The van der Waals surface area contributed by atoms with Crippen LogP contribution in [-0.2, 0) is 0 Å². The highest BCUT2D eigenvalue weighted by molar-refractivity contribution is 9.11. The van der Waals surface area contributed by atoms with E-state index < -0.39 is 0 Å². The van der Waals surface area contributed by atoms with E-state index in [2.05, 4.69) is 37.2 Å². The van der Waals surface area contributed by atoms with Gasteiger partial charge in [0.25, 0.3) is 5.91 Å². The van der Waals surface area contributed by atoms with Crippen molar-refractivity contribution in [3.05, 3.63) is 47.4 Å². The van der Waals surface area contributed by atoms with Gasteiger partial charge in [0.15, 0.2) is 0 Å². The van der Waals surface area contributed by atoms with Gasteiger partial charge in [-0.05, 0) is 34.1 Å². The van der Waals surface area contributed by atoms with Crippen molar-refractivity contribution in [2.75, 3.05) is 5.32 Å². The highest BCUT2D eigenvalue weighted by atomic mass is 79.9. The van der Waals surface area contributed by atoms with Gasteiger partial charge >= 0.3 is 0 Å². The van der Waals surface area contributed by atoms with Crippen molar-refractivity contribution in [1.29, 1.82) is 0 Å². The van der Waals surface area contributed by atoms with Gasteiger partial charge in [-0.1, -0.05) is 39.1 Å². The van der Waals surface area contributed by atoms with Gasteiger partial charge < -0.3 is 5.32 Å². The van der Waals surface area contributed by atoms with Crippen LogP contribution in [0.25, 0.3) is 0 Å². The number of hydrogen-bond donors (Lipinski definition) is 1. The van der Waals surface area contributed by atoms with E-state index in [9.17, 15) is 4.79 Å². The van der Waals surface area contributed by atoms with E-state index in [0.717, 1.165) is 8.26 Å². The van der Waals surface area contributed by atoms with E-state index in [0.29, 0.717) is 21.3 Å². The molecule has 0 saturated heterocycles. The minimum atomic E-state index is -0.247. The lowest BCUT2D eigenvalue weighted by Crippen LogP contribution is -2.11. The maximum absolute atomic E-state index is 12.0. The van der Waals surface area contributed by atoms with Crippen molar-refractivity contribution in [1.82, 2.24) is 0 Å². The van der Waals surface area contributed by atoms with E-state index in [1.807, 2.05) is 0 Å². The number of thiophene rings is 1. The standard InChI is InChI=1S/C11H5Br2Cl2NOS/c12-6-2-7(14)10(8(15)3-6)16-11(17)5-1-9(13)18-4-5/h1-4H,(H,16,17). The third kappa shape index (κ3) is 3.27. The molecule has 18 heavy (non-hydrogen) atoms. The summed E-state index contributed by atoms with van der Waals surface area (Å²) in [6.07, 6.45) is 0. The van der Waals surface area contributed by atoms with Gasteiger partial charge in [0.05, 0.1) is 25.1 Å². The van der Waals surface area contributed by atoms with Crippen molar-refractivity contribution in [3.63, 3.8) is 0 Å². The summed E-state index contributed by atoms with van der Waals surface area (Å²) in [4.78, 5) is 12.0. The van der Waals surface area contributed by atoms with Crippen LogP contribution in [0.5, 0.6) is 0 Å². The van der Waals surface area contributed by atoms with Crippen LogP contribution in [0, 0.1) is 0 Å². The molecule has 0 unspecified atom stereocenters. The largest absolute Gasteiger partial charge is 0.319 e. The Morgan fingerprint density at radius 2 is 1.78 bits per heavy atom. The quantitative estimate of drug-likeness (QED) is 0.639. The molecule has 2 rings (SSSR count). The third-order valence-corrected chi connectivity index (χ3v) is 4.63. The van der Waals surface area contributed by atoms with Crippen LogP contribution in [0.1, 0.15) is 10.4 Å². The zero-order valence-electron chi connectivity index (χ0n) is 8.64. The summed E-state index contributed by atoms with van der Waals surface area (Å²) in [6, 6.07) is 5.08. The molecule has 1 amide bonds. The first-order chi connectivity index (χ1) is 8.47. The molecule has 0 bridgehead atoms. The molecule has 0 atom stereocenters. The first-order valence-corrected chi connectivity index (χ1v) is 7.89.